The van der Waals surface area contributed by atoms with Crippen LogP contribution in [-0.2, 0) is 32.5 Å². The first-order valence-corrected chi connectivity index (χ1v) is 27.2. The summed E-state index contributed by atoms with van der Waals surface area (Å²) < 4.78 is 1.24. The normalized spacial score (nSPS) is 19.9. The van der Waals surface area contributed by atoms with Crippen LogP contribution in [0.15, 0.2) is 103 Å². The van der Waals surface area contributed by atoms with E-state index in [1.54, 1.807) is 5.56 Å². The molecule has 3 nitrogen and oxygen atoms in total. The average Bonchev–Trinajstić information content (AvgIpc) is 3.79. The fourth-order valence-corrected chi connectivity index (χ4v) is 13.9. The van der Waals surface area contributed by atoms with Gasteiger partial charge in [0, 0.05) is 39.4 Å². The van der Waals surface area contributed by atoms with E-state index in [1.807, 2.05) is 11.3 Å². The molecule has 4 aliphatic rings. The number of thiazole rings is 1. The van der Waals surface area contributed by atoms with Gasteiger partial charge < -0.3 is 9.80 Å². The van der Waals surface area contributed by atoms with Crippen LogP contribution < -0.4 is 26.2 Å². The van der Waals surface area contributed by atoms with Gasteiger partial charge in [0.25, 0.3) is 6.71 Å². The number of nitrogens with zero attached hydrogens (tertiary/aromatic N) is 3. The van der Waals surface area contributed by atoms with Gasteiger partial charge >= 0.3 is 0 Å². The fraction of sp³-hybridized carbons (Fsp3) is 0.431. The molecule has 1 fully saturated rings. The summed E-state index contributed by atoms with van der Waals surface area (Å²) >= 11 is 1.84. The molecule has 6 aromatic carbocycles. The molecular formula is C65H76BN3S. The second kappa shape index (κ2) is 15.2. The van der Waals surface area contributed by atoms with E-state index < -0.39 is 0 Å². The third-order valence-electron chi connectivity index (χ3n) is 17.4. The average molecular weight is 942 g/mol. The van der Waals surface area contributed by atoms with Crippen LogP contribution in [0, 0.1) is 0 Å². The van der Waals surface area contributed by atoms with Crippen molar-refractivity contribution in [3.8, 4) is 21.7 Å². The highest BCUT2D eigenvalue weighted by molar-refractivity contribution is 7.21. The van der Waals surface area contributed by atoms with Crippen LogP contribution in [0.1, 0.15) is 177 Å². The largest absolute Gasteiger partial charge is 0.335 e. The first-order valence-electron chi connectivity index (χ1n) is 26.4. The molecule has 3 aliphatic heterocycles. The lowest BCUT2D eigenvalue weighted by molar-refractivity contribution is 0.193. The van der Waals surface area contributed by atoms with Crippen LogP contribution in [0.4, 0.5) is 28.4 Å². The van der Waals surface area contributed by atoms with E-state index in [4.69, 9.17) is 4.98 Å². The molecule has 11 rings (SSSR count). The lowest BCUT2D eigenvalue weighted by Gasteiger charge is -2.53. The quantitative estimate of drug-likeness (QED) is 0.165. The Labute approximate surface area is 425 Å². The highest BCUT2D eigenvalue weighted by atomic mass is 32.1. The Balaban J connectivity index is 1.19. The zero-order valence-electron chi connectivity index (χ0n) is 45.5. The smallest absolute Gasteiger partial charge is 0.252 e. The number of hydrogen-bond donors (Lipinski definition) is 0. The third-order valence-corrected chi connectivity index (χ3v) is 18.4. The number of fused-ring (bicyclic) bond motifs is 8. The lowest BCUT2D eigenvalue weighted by Crippen LogP contribution is -2.64. The molecular weight excluding hydrogens is 866 g/mol. The molecule has 0 amide bonds. The molecule has 4 heterocycles. The Bertz CT molecular complexity index is 3230. The molecule has 5 heteroatoms. The maximum absolute atomic E-state index is 5.54. The van der Waals surface area contributed by atoms with Gasteiger partial charge in [-0.15, -0.1) is 11.3 Å². The molecule has 1 aromatic heterocycles. The summed E-state index contributed by atoms with van der Waals surface area (Å²) in [6.45, 7) is 40.9. The first-order chi connectivity index (χ1) is 32.6. The van der Waals surface area contributed by atoms with Gasteiger partial charge in [-0.1, -0.05) is 190 Å². The molecule has 0 saturated heterocycles. The van der Waals surface area contributed by atoms with Crippen molar-refractivity contribution in [1.29, 1.82) is 0 Å². The summed E-state index contributed by atoms with van der Waals surface area (Å²) in [6.07, 6.45) is 4.91. The summed E-state index contributed by atoms with van der Waals surface area (Å²) in [4.78, 5) is 11.1. The molecule has 360 valence electrons. The summed E-state index contributed by atoms with van der Waals surface area (Å²) in [7, 11) is 0. The van der Waals surface area contributed by atoms with E-state index in [0.29, 0.717) is 0 Å². The Morgan fingerprint density at radius 3 is 1.64 bits per heavy atom. The number of hydrogen-bond acceptors (Lipinski definition) is 4. The Morgan fingerprint density at radius 1 is 0.514 bits per heavy atom. The molecule has 0 radical (unpaired) electrons. The van der Waals surface area contributed by atoms with Crippen LogP contribution in [0.3, 0.4) is 0 Å². The van der Waals surface area contributed by atoms with Crippen molar-refractivity contribution in [1.82, 2.24) is 4.98 Å². The molecule has 1 aliphatic carbocycles. The summed E-state index contributed by atoms with van der Waals surface area (Å²) in [5.41, 5.74) is 24.2. The SMILES string of the molecule is CC(C)(C)c1ccc(-c2ccc(-c3nc4cc5c(cc4s3)B3c4ccc(C(C)(C)C)c6c4N(c4cc(C(C)(C)C)cc(c43)N5c3cc(C(C)(C)C)cc(C(C)(C)C)c3)C3(C)CCCCC63C)cc2)cc1. The van der Waals surface area contributed by atoms with Crippen LogP contribution in [0.5, 0.6) is 0 Å². The zero-order chi connectivity index (χ0) is 50.0. The Hall–Kier alpha value is -5.13. The summed E-state index contributed by atoms with van der Waals surface area (Å²) in [5.74, 6) is 0. The summed E-state index contributed by atoms with van der Waals surface area (Å²) in [6, 6.07) is 41.0. The van der Waals surface area contributed by atoms with E-state index in [-0.39, 0.29) is 44.7 Å². The van der Waals surface area contributed by atoms with Crippen LogP contribution in [0.2, 0.25) is 0 Å². The highest BCUT2D eigenvalue weighted by Crippen LogP contribution is 2.64. The van der Waals surface area contributed by atoms with Gasteiger partial charge in [-0.05, 0) is 144 Å². The van der Waals surface area contributed by atoms with Gasteiger partial charge in [-0.3, -0.25) is 0 Å². The predicted molar refractivity (Wildman–Crippen MR) is 306 cm³/mol. The second-order valence-electron chi connectivity index (χ2n) is 27.3. The lowest BCUT2D eigenvalue weighted by atomic mass is 9.33. The van der Waals surface area contributed by atoms with E-state index in [1.165, 1.54) is 114 Å². The number of aromatic nitrogens is 1. The van der Waals surface area contributed by atoms with E-state index in [9.17, 15) is 0 Å². The van der Waals surface area contributed by atoms with Gasteiger partial charge in [-0.2, -0.15) is 0 Å². The van der Waals surface area contributed by atoms with Crippen LogP contribution >= 0.6 is 11.3 Å². The number of benzene rings is 6. The van der Waals surface area contributed by atoms with Gasteiger partial charge in [-0.25, -0.2) is 4.98 Å². The highest BCUT2D eigenvalue weighted by Gasteiger charge is 2.62. The number of anilines is 5. The third kappa shape index (κ3) is 7.12. The first kappa shape index (κ1) is 47.2. The number of rotatable bonds is 3. The van der Waals surface area contributed by atoms with Crippen molar-refractivity contribution in [2.75, 3.05) is 9.80 Å². The topological polar surface area (TPSA) is 19.4 Å². The molecule has 2 unspecified atom stereocenters. The zero-order valence-corrected chi connectivity index (χ0v) is 46.3. The molecule has 2 atom stereocenters. The van der Waals surface area contributed by atoms with Crippen molar-refractivity contribution in [3.05, 3.63) is 137 Å². The second-order valence-corrected chi connectivity index (χ2v) is 28.4. The van der Waals surface area contributed by atoms with Crippen LogP contribution in [-0.4, -0.2) is 17.2 Å². The Morgan fingerprint density at radius 2 is 1.06 bits per heavy atom. The van der Waals surface area contributed by atoms with Crippen molar-refractivity contribution in [3.63, 3.8) is 0 Å². The van der Waals surface area contributed by atoms with Crippen molar-refractivity contribution < 1.29 is 0 Å². The molecule has 0 bridgehead atoms. The van der Waals surface area contributed by atoms with Gasteiger partial charge in [0.15, 0.2) is 0 Å². The van der Waals surface area contributed by atoms with Gasteiger partial charge in [0.2, 0.25) is 0 Å². The van der Waals surface area contributed by atoms with Crippen molar-refractivity contribution in [2.45, 2.75) is 181 Å². The van der Waals surface area contributed by atoms with Crippen LogP contribution in [0.25, 0.3) is 31.9 Å². The maximum atomic E-state index is 5.54. The molecule has 70 heavy (non-hydrogen) atoms. The fourth-order valence-electron chi connectivity index (χ4n) is 12.9. The predicted octanol–water partition coefficient (Wildman–Crippen LogP) is 16.5. The minimum atomic E-state index is -0.0805. The van der Waals surface area contributed by atoms with Crippen molar-refractivity contribution >= 4 is 73.1 Å². The van der Waals surface area contributed by atoms with E-state index in [2.05, 4.69) is 231 Å². The molecule has 7 aromatic rings. The maximum Gasteiger partial charge on any atom is 0.252 e. The van der Waals surface area contributed by atoms with E-state index in [0.717, 1.165) is 16.1 Å². The van der Waals surface area contributed by atoms with Gasteiger partial charge in [0.1, 0.15) is 5.01 Å². The monoisotopic (exact) mass is 942 g/mol. The minimum Gasteiger partial charge on any atom is -0.335 e. The van der Waals surface area contributed by atoms with Gasteiger partial charge in [0.05, 0.1) is 15.8 Å². The summed E-state index contributed by atoms with van der Waals surface area (Å²) in [5, 5.41) is 1.06. The molecule has 0 spiro atoms. The van der Waals surface area contributed by atoms with E-state index >= 15 is 0 Å². The standard InChI is InChI=1S/C65H76BN3S/c1-59(2,3)42-26-24-40(25-27-42)39-20-22-41(23-21-39)58-67-50-38-51-49(37-54(50)70-58)66-48-29-28-47(63(13,14)15)55-57(48)69(65(17)31-19-18-30-64(55,65)16)53-36-45(62(10,11)12)35-52(56(53)66)68(51)46-33-43(60(4,5)6)32-44(34-46)61(7,8)9/h20-29,32-38H,18-19,30-31H2,1-17H3. The molecule has 0 N–H and O–H groups in total. The Kier molecular flexibility index (Phi) is 10.3. The minimum absolute atomic E-state index is 0.00441. The van der Waals surface area contributed by atoms with Crippen molar-refractivity contribution in [2.24, 2.45) is 0 Å². The molecule has 1 saturated carbocycles.